The number of carbonyl (C=O) groups excluding carboxylic acids is 1. The van der Waals surface area contributed by atoms with Crippen LogP contribution < -0.4 is 10.1 Å². The van der Waals surface area contributed by atoms with E-state index < -0.39 is 0 Å². The summed E-state index contributed by atoms with van der Waals surface area (Å²) in [6.07, 6.45) is 11.9. The topological polar surface area (TPSA) is 51.2 Å². The summed E-state index contributed by atoms with van der Waals surface area (Å²) in [6.45, 7) is 2.02. The minimum absolute atomic E-state index is 0.230. The van der Waals surface area contributed by atoms with Crippen LogP contribution in [0.5, 0.6) is 5.88 Å². The zero-order valence-corrected chi connectivity index (χ0v) is 14.1. The van der Waals surface area contributed by atoms with Gasteiger partial charge in [0, 0.05) is 24.2 Å². The first-order chi connectivity index (χ1) is 11.2. The molecule has 2 fully saturated rings. The zero-order valence-electron chi connectivity index (χ0n) is 14.1. The Kier molecular flexibility index (Phi) is 5.52. The molecule has 1 aromatic heterocycles. The smallest absolute Gasteiger partial charge is 0.223 e. The van der Waals surface area contributed by atoms with Crippen LogP contribution in [0.3, 0.4) is 0 Å². The highest BCUT2D eigenvalue weighted by Gasteiger charge is 2.27. The van der Waals surface area contributed by atoms with Crippen LogP contribution in [-0.2, 0) is 4.79 Å². The van der Waals surface area contributed by atoms with Gasteiger partial charge in [0.2, 0.25) is 11.8 Å². The van der Waals surface area contributed by atoms with E-state index in [4.69, 9.17) is 4.74 Å². The molecule has 1 aromatic rings. The van der Waals surface area contributed by atoms with Gasteiger partial charge in [0.15, 0.2) is 0 Å². The summed E-state index contributed by atoms with van der Waals surface area (Å²) >= 11 is 0. The molecular formula is C19H28N2O2. The normalized spacial score (nSPS) is 25.8. The van der Waals surface area contributed by atoms with E-state index in [9.17, 15) is 4.79 Å². The van der Waals surface area contributed by atoms with Crippen molar-refractivity contribution in [3.8, 4) is 5.88 Å². The Morgan fingerprint density at radius 3 is 2.48 bits per heavy atom. The van der Waals surface area contributed by atoms with Gasteiger partial charge in [0.05, 0.1) is 0 Å². The second kappa shape index (κ2) is 7.80. The van der Waals surface area contributed by atoms with E-state index in [2.05, 4.69) is 10.3 Å². The Morgan fingerprint density at radius 2 is 1.83 bits per heavy atom. The van der Waals surface area contributed by atoms with Gasteiger partial charge < -0.3 is 10.1 Å². The van der Waals surface area contributed by atoms with Crippen molar-refractivity contribution in [1.82, 2.24) is 10.3 Å². The summed E-state index contributed by atoms with van der Waals surface area (Å²) < 4.78 is 5.96. The molecule has 2 aliphatic rings. The summed E-state index contributed by atoms with van der Waals surface area (Å²) in [5, 5.41) is 3.27. The maximum atomic E-state index is 12.3. The number of aryl methyl sites for hydroxylation is 1. The van der Waals surface area contributed by atoms with Crippen molar-refractivity contribution in [2.24, 2.45) is 5.92 Å². The van der Waals surface area contributed by atoms with Crippen LogP contribution in [0.4, 0.5) is 0 Å². The lowest BCUT2D eigenvalue weighted by molar-refractivity contribution is -0.127. The average Bonchev–Trinajstić information content (AvgIpc) is 2.59. The monoisotopic (exact) mass is 316 g/mol. The molecule has 1 N–H and O–H groups in total. The first-order valence-corrected chi connectivity index (χ1v) is 9.10. The molecule has 2 aliphatic carbocycles. The number of nitrogens with zero attached hydrogens (tertiary/aromatic N) is 1. The standard InChI is InChI=1S/C19H28N2O2/c1-14-7-12-18(20-13-14)23-17-10-8-16(9-11-17)21-19(22)15-5-3-2-4-6-15/h7,12-13,15-17H,2-6,8-11H2,1H3,(H,21,22). The van der Waals surface area contributed by atoms with Gasteiger partial charge in [-0.25, -0.2) is 4.98 Å². The van der Waals surface area contributed by atoms with Crippen molar-refractivity contribution in [3.63, 3.8) is 0 Å². The molecule has 0 bridgehead atoms. The average molecular weight is 316 g/mol. The molecule has 1 amide bonds. The number of carbonyl (C=O) groups is 1. The first-order valence-electron chi connectivity index (χ1n) is 9.10. The third-order valence-corrected chi connectivity index (χ3v) is 5.17. The summed E-state index contributed by atoms with van der Waals surface area (Å²) in [4.78, 5) is 16.6. The fraction of sp³-hybridized carbons (Fsp3) is 0.684. The van der Waals surface area contributed by atoms with Crippen molar-refractivity contribution >= 4 is 5.91 Å². The Morgan fingerprint density at radius 1 is 1.09 bits per heavy atom. The highest BCUT2D eigenvalue weighted by atomic mass is 16.5. The largest absolute Gasteiger partial charge is 0.474 e. The second-order valence-corrected chi connectivity index (χ2v) is 7.11. The van der Waals surface area contributed by atoms with Crippen molar-refractivity contribution in [3.05, 3.63) is 23.9 Å². The highest BCUT2D eigenvalue weighted by Crippen LogP contribution is 2.26. The summed E-state index contributed by atoms with van der Waals surface area (Å²) in [5.74, 6) is 1.26. The molecule has 0 atom stereocenters. The van der Waals surface area contributed by atoms with Gasteiger partial charge in [-0.05, 0) is 51.0 Å². The van der Waals surface area contributed by atoms with Gasteiger partial charge in [-0.3, -0.25) is 4.79 Å². The predicted molar refractivity (Wildman–Crippen MR) is 90.4 cm³/mol. The van der Waals surface area contributed by atoms with Crippen LogP contribution in [0, 0.1) is 12.8 Å². The SMILES string of the molecule is Cc1ccc(OC2CCC(NC(=O)C3CCCCC3)CC2)nc1. The molecule has 4 nitrogen and oxygen atoms in total. The minimum Gasteiger partial charge on any atom is -0.474 e. The molecular weight excluding hydrogens is 288 g/mol. The molecule has 0 spiro atoms. The molecule has 23 heavy (non-hydrogen) atoms. The van der Waals surface area contributed by atoms with E-state index in [1.165, 1.54) is 19.3 Å². The van der Waals surface area contributed by atoms with E-state index in [1.807, 2.05) is 25.3 Å². The molecule has 2 saturated carbocycles. The first kappa shape index (κ1) is 16.3. The van der Waals surface area contributed by atoms with Crippen molar-refractivity contribution in [1.29, 1.82) is 0 Å². The number of aromatic nitrogens is 1. The van der Waals surface area contributed by atoms with Gasteiger partial charge in [-0.2, -0.15) is 0 Å². The van der Waals surface area contributed by atoms with E-state index >= 15 is 0 Å². The summed E-state index contributed by atoms with van der Waals surface area (Å²) in [7, 11) is 0. The van der Waals surface area contributed by atoms with E-state index in [0.29, 0.717) is 11.9 Å². The molecule has 126 valence electrons. The lowest BCUT2D eigenvalue weighted by Gasteiger charge is -2.31. The molecule has 3 rings (SSSR count). The maximum Gasteiger partial charge on any atom is 0.223 e. The Balaban J connectivity index is 1.41. The molecule has 1 heterocycles. The van der Waals surface area contributed by atoms with Gasteiger partial charge >= 0.3 is 0 Å². The number of amides is 1. The van der Waals surface area contributed by atoms with E-state index in [0.717, 1.165) is 44.1 Å². The molecule has 0 aromatic carbocycles. The lowest BCUT2D eigenvalue weighted by Crippen LogP contribution is -2.42. The van der Waals surface area contributed by atoms with Crippen LogP contribution in [0.1, 0.15) is 63.4 Å². The Bertz CT molecular complexity index is 501. The van der Waals surface area contributed by atoms with Gasteiger partial charge in [0.1, 0.15) is 6.10 Å². The Labute approximate surface area is 139 Å². The molecule has 0 saturated heterocycles. The van der Waals surface area contributed by atoms with Crippen LogP contribution in [0.15, 0.2) is 18.3 Å². The van der Waals surface area contributed by atoms with Crippen molar-refractivity contribution < 1.29 is 9.53 Å². The molecule has 4 heteroatoms. The number of pyridine rings is 1. The number of hydrogen-bond acceptors (Lipinski definition) is 3. The third-order valence-electron chi connectivity index (χ3n) is 5.17. The van der Waals surface area contributed by atoms with E-state index in [1.54, 1.807) is 0 Å². The van der Waals surface area contributed by atoms with E-state index in [-0.39, 0.29) is 17.9 Å². The molecule has 0 aliphatic heterocycles. The quantitative estimate of drug-likeness (QED) is 0.920. The van der Waals surface area contributed by atoms with Crippen LogP contribution >= 0.6 is 0 Å². The molecule has 0 unspecified atom stereocenters. The Hall–Kier alpha value is -1.58. The zero-order chi connectivity index (χ0) is 16.1. The van der Waals surface area contributed by atoms with Gasteiger partial charge in [-0.15, -0.1) is 0 Å². The van der Waals surface area contributed by atoms with Crippen molar-refractivity contribution in [2.45, 2.75) is 76.9 Å². The van der Waals surface area contributed by atoms with Crippen molar-refractivity contribution in [2.75, 3.05) is 0 Å². The number of ether oxygens (including phenoxy) is 1. The number of nitrogens with one attached hydrogen (secondary N) is 1. The minimum atomic E-state index is 0.230. The van der Waals surface area contributed by atoms with Crippen LogP contribution in [-0.4, -0.2) is 23.0 Å². The number of hydrogen-bond donors (Lipinski definition) is 1. The summed E-state index contributed by atoms with van der Waals surface area (Å²) in [6, 6.07) is 4.29. The van der Waals surface area contributed by atoms with Crippen LogP contribution in [0.25, 0.3) is 0 Å². The molecule has 0 radical (unpaired) electrons. The fourth-order valence-corrected chi connectivity index (χ4v) is 3.70. The second-order valence-electron chi connectivity index (χ2n) is 7.11. The third kappa shape index (κ3) is 4.69. The summed E-state index contributed by atoms with van der Waals surface area (Å²) in [5.41, 5.74) is 1.14. The maximum absolute atomic E-state index is 12.3. The van der Waals surface area contributed by atoms with Gasteiger partial charge in [0.25, 0.3) is 0 Å². The van der Waals surface area contributed by atoms with Crippen LogP contribution in [0.2, 0.25) is 0 Å². The highest BCUT2D eigenvalue weighted by molar-refractivity contribution is 5.79. The lowest BCUT2D eigenvalue weighted by atomic mass is 9.87. The predicted octanol–water partition coefficient (Wildman–Crippen LogP) is 3.78. The number of rotatable bonds is 4. The van der Waals surface area contributed by atoms with Gasteiger partial charge in [-0.1, -0.05) is 25.3 Å². The fourth-order valence-electron chi connectivity index (χ4n) is 3.70.